The minimum atomic E-state index is -0.193. The predicted molar refractivity (Wildman–Crippen MR) is 79.8 cm³/mol. The zero-order valence-electron chi connectivity index (χ0n) is 11.0. The summed E-state index contributed by atoms with van der Waals surface area (Å²) >= 11 is 1.32. The molecule has 0 saturated carbocycles. The SMILES string of the molecule is Cc1ccc(NC(=O)c2ccc(C#CCCO)s2)nc1. The Labute approximate surface area is 121 Å². The van der Waals surface area contributed by atoms with Crippen LogP contribution in [-0.2, 0) is 0 Å². The molecule has 2 N–H and O–H groups in total. The number of hydrogen-bond donors (Lipinski definition) is 2. The number of pyridine rings is 1. The van der Waals surface area contributed by atoms with E-state index >= 15 is 0 Å². The zero-order valence-corrected chi connectivity index (χ0v) is 11.8. The number of nitrogens with zero attached hydrogens (tertiary/aromatic N) is 1. The van der Waals surface area contributed by atoms with E-state index in [1.54, 1.807) is 24.4 Å². The van der Waals surface area contributed by atoms with Gasteiger partial charge in [-0.1, -0.05) is 17.9 Å². The van der Waals surface area contributed by atoms with Crippen LogP contribution in [0.4, 0.5) is 5.82 Å². The Morgan fingerprint density at radius 1 is 1.40 bits per heavy atom. The van der Waals surface area contributed by atoms with Crippen molar-refractivity contribution >= 4 is 23.1 Å². The molecule has 0 radical (unpaired) electrons. The first-order chi connectivity index (χ1) is 9.69. The van der Waals surface area contributed by atoms with E-state index < -0.39 is 0 Å². The molecule has 2 aromatic heterocycles. The summed E-state index contributed by atoms with van der Waals surface area (Å²) in [7, 11) is 0. The maximum atomic E-state index is 12.0. The lowest BCUT2D eigenvalue weighted by molar-refractivity contribution is 0.103. The van der Waals surface area contributed by atoms with E-state index in [0.717, 1.165) is 10.4 Å². The lowest BCUT2D eigenvalue weighted by Gasteiger charge is -2.02. The lowest BCUT2D eigenvalue weighted by Crippen LogP contribution is -2.11. The summed E-state index contributed by atoms with van der Waals surface area (Å²) in [5.41, 5.74) is 1.04. The fourth-order valence-corrected chi connectivity index (χ4v) is 2.23. The van der Waals surface area contributed by atoms with Crippen LogP contribution in [-0.4, -0.2) is 22.6 Å². The van der Waals surface area contributed by atoms with Crippen molar-refractivity contribution in [3.05, 3.63) is 45.8 Å². The summed E-state index contributed by atoms with van der Waals surface area (Å²) < 4.78 is 0. The van der Waals surface area contributed by atoms with E-state index in [4.69, 9.17) is 5.11 Å². The van der Waals surface area contributed by atoms with Crippen molar-refractivity contribution in [3.63, 3.8) is 0 Å². The van der Waals surface area contributed by atoms with Crippen molar-refractivity contribution in [3.8, 4) is 11.8 Å². The van der Waals surface area contributed by atoms with E-state index in [1.165, 1.54) is 11.3 Å². The zero-order chi connectivity index (χ0) is 14.4. The third-order valence-corrected chi connectivity index (χ3v) is 3.43. The van der Waals surface area contributed by atoms with Crippen LogP contribution < -0.4 is 5.32 Å². The number of anilines is 1. The Morgan fingerprint density at radius 2 is 2.25 bits per heavy atom. The van der Waals surface area contributed by atoms with Crippen LogP contribution >= 0.6 is 11.3 Å². The van der Waals surface area contributed by atoms with Crippen molar-refractivity contribution < 1.29 is 9.90 Å². The summed E-state index contributed by atoms with van der Waals surface area (Å²) in [4.78, 5) is 17.5. The molecule has 102 valence electrons. The summed E-state index contributed by atoms with van der Waals surface area (Å²) in [5, 5.41) is 11.4. The molecule has 0 atom stereocenters. The van der Waals surface area contributed by atoms with Crippen LogP contribution in [0, 0.1) is 18.8 Å². The van der Waals surface area contributed by atoms with Gasteiger partial charge in [-0.15, -0.1) is 11.3 Å². The molecule has 2 heterocycles. The summed E-state index contributed by atoms with van der Waals surface area (Å²) in [6.45, 7) is 1.99. The van der Waals surface area contributed by atoms with Gasteiger partial charge >= 0.3 is 0 Å². The van der Waals surface area contributed by atoms with Gasteiger partial charge in [0.1, 0.15) is 5.82 Å². The molecule has 0 aliphatic heterocycles. The lowest BCUT2D eigenvalue weighted by atomic mass is 10.3. The maximum Gasteiger partial charge on any atom is 0.266 e. The maximum absolute atomic E-state index is 12.0. The standard InChI is InChI=1S/C15H14N2O2S/c1-11-5-8-14(16-10-11)17-15(19)13-7-6-12(20-13)4-2-3-9-18/h5-8,10,18H,3,9H2,1H3,(H,16,17,19). The van der Waals surface area contributed by atoms with Crippen molar-refractivity contribution in [2.24, 2.45) is 0 Å². The molecule has 0 aliphatic carbocycles. The molecule has 2 rings (SSSR count). The van der Waals surface area contributed by atoms with E-state index in [0.29, 0.717) is 17.1 Å². The van der Waals surface area contributed by atoms with E-state index in [9.17, 15) is 4.79 Å². The normalized spacial score (nSPS) is 9.70. The number of carbonyl (C=O) groups excluding carboxylic acids is 1. The van der Waals surface area contributed by atoms with Crippen LogP contribution in [0.3, 0.4) is 0 Å². The van der Waals surface area contributed by atoms with Gasteiger partial charge in [-0.3, -0.25) is 4.79 Å². The quantitative estimate of drug-likeness (QED) is 0.852. The Bertz CT molecular complexity index is 651. The Balaban J connectivity index is 2.03. The fraction of sp³-hybridized carbons (Fsp3) is 0.200. The average molecular weight is 286 g/mol. The van der Waals surface area contributed by atoms with E-state index in [-0.39, 0.29) is 12.5 Å². The minimum Gasteiger partial charge on any atom is -0.395 e. The van der Waals surface area contributed by atoms with Crippen LogP contribution in [0.15, 0.2) is 30.5 Å². The minimum absolute atomic E-state index is 0.0464. The van der Waals surface area contributed by atoms with Gasteiger partial charge < -0.3 is 10.4 Å². The first kappa shape index (κ1) is 14.3. The molecule has 0 bridgehead atoms. The van der Waals surface area contributed by atoms with Crippen LogP contribution in [0.2, 0.25) is 0 Å². The Kier molecular flexibility index (Phi) is 4.88. The van der Waals surface area contributed by atoms with Crippen molar-refractivity contribution in [2.45, 2.75) is 13.3 Å². The van der Waals surface area contributed by atoms with Crippen molar-refractivity contribution in [1.29, 1.82) is 0 Å². The first-order valence-electron chi connectivity index (χ1n) is 6.12. The Morgan fingerprint density at radius 3 is 2.95 bits per heavy atom. The second kappa shape index (κ2) is 6.85. The van der Waals surface area contributed by atoms with Gasteiger partial charge in [0.25, 0.3) is 5.91 Å². The van der Waals surface area contributed by atoms with Gasteiger partial charge in [-0.25, -0.2) is 4.98 Å². The predicted octanol–water partition coefficient (Wildman–Crippen LogP) is 2.44. The highest BCUT2D eigenvalue weighted by Crippen LogP contribution is 2.17. The molecule has 0 unspecified atom stereocenters. The second-order valence-corrected chi connectivity index (χ2v) is 5.20. The number of hydrogen-bond acceptors (Lipinski definition) is 4. The molecule has 4 nitrogen and oxygen atoms in total. The number of rotatable bonds is 3. The fourth-order valence-electron chi connectivity index (χ4n) is 1.45. The van der Waals surface area contributed by atoms with Crippen LogP contribution in [0.5, 0.6) is 0 Å². The molecule has 2 aromatic rings. The summed E-state index contributed by atoms with van der Waals surface area (Å²) in [6.07, 6.45) is 2.14. The van der Waals surface area contributed by atoms with E-state index in [1.807, 2.05) is 13.0 Å². The number of aliphatic hydroxyl groups is 1. The third kappa shape index (κ3) is 3.92. The summed E-state index contributed by atoms with van der Waals surface area (Å²) in [5.74, 6) is 6.07. The number of amides is 1. The van der Waals surface area contributed by atoms with Gasteiger partial charge in [0.2, 0.25) is 0 Å². The van der Waals surface area contributed by atoms with Gasteiger partial charge in [-0.2, -0.15) is 0 Å². The first-order valence-corrected chi connectivity index (χ1v) is 6.94. The Hall–Kier alpha value is -2.16. The highest BCUT2D eigenvalue weighted by molar-refractivity contribution is 7.14. The van der Waals surface area contributed by atoms with Gasteiger partial charge in [0, 0.05) is 12.6 Å². The molecule has 0 saturated heterocycles. The number of nitrogens with one attached hydrogen (secondary N) is 1. The number of aryl methyl sites for hydroxylation is 1. The van der Waals surface area contributed by atoms with Gasteiger partial charge in [0.05, 0.1) is 16.4 Å². The number of thiophene rings is 1. The van der Waals surface area contributed by atoms with Crippen molar-refractivity contribution in [2.75, 3.05) is 11.9 Å². The number of aliphatic hydroxyl groups excluding tert-OH is 1. The van der Waals surface area contributed by atoms with Crippen LogP contribution in [0.1, 0.15) is 26.5 Å². The van der Waals surface area contributed by atoms with Crippen molar-refractivity contribution in [1.82, 2.24) is 4.98 Å². The van der Waals surface area contributed by atoms with Gasteiger partial charge in [0.15, 0.2) is 0 Å². The molecular formula is C15H14N2O2S. The highest BCUT2D eigenvalue weighted by Gasteiger charge is 2.09. The number of carbonyl (C=O) groups is 1. The topological polar surface area (TPSA) is 62.2 Å². The molecular weight excluding hydrogens is 272 g/mol. The molecule has 1 amide bonds. The average Bonchev–Trinajstić information content (AvgIpc) is 2.91. The van der Waals surface area contributed by atoms with E-state index in [2.05, 4.69) is 22.1 Å². The summed E-state index contributed by atoms with van der Waals surface area (Å²) in [6, 6.07) is 7.19. The van der Waals surface area contributed by atoms with Gasteiger partial charge in [-0.05, 0) is 30.7 Å². The molecule has 0 fully saturated rings. The number of aromatic nitrogens is 1. The molecule has 0 aliphatic rings. The largest absolute Gasteiger partial charge is 0.395 e. The smallest absolute Gasteiger partial charge is 0.266 e. The highest BCUT2D eigenvalue weighted by atomic mass is 32.1. The molecule has 0 aromatic carbocycles. The monoisotopic (exact) mass is 286 g/mol. The molecule has 0 spiro atoms. The molecule has 20 heavy (non-hydrogen) atoms. The van der Waals surface area contributed by atoms with Crippen LogP contribution in [0.25, 0.3) is 0 Å². The third-order valence-electron chi connectivity index (χ3n) is 2.43. The molecule has 5 heteroatoms. The second-order valence-electron chi connectivity index (χ2n) is 4.11.